The van der Waals surface area contributed by atoms with Crippen LogP contribution in [-0.4, -0.2) is 6.00 Å². The third-order valence-corrected chi connectivity index (χ3v) is 6.62. The molecule has 1 unspecified atom stereocenters. The average Bonchev–Trinajstić information content (AvgIpc) is 2.01. The molecule has 0 heterocycles. The second-order valence-corrected chi connectivity index (χ2v) is 12.7. The van der Waals surface area contributed by atoms with Crippen molar-refractivity contribution in [1.29, 1.82) is 0 Å². The van der Waals surface area contributed by atoms with Crippen LogP contribution in [0, 0.1) is 13.8 Å². The summed E-state index contributed by atoms with van der Waals surface area (Å²) in [4.78, 5) is 0. The molecule has 1 aromatic carbocycles. The van der Waals surface area contributed by atoms with E-state index in [9.17, 15) is 0 Å². The molecule has 1 aromatic rings. The summed E-state index contributed by atoms with van der Waals surface area (Å²) in [6.45, 7) is 6.11. The minimum absolute atomic E-state index is 0.0492. The SMILES string of the molecule is Cc1ccc(C(C)[Si](Cl)(Cl)Cl)c(C)c1. The van der Waals surface area contributed by atoms with Crippen LogP contribution in [0.2, 0.25) is 0 Å². The van der Waals surface area contributed by atoms with Gasteiger partial charge in [0.1, 0.15) is 0 Å². The minimum Gasteiger partial charge on any atom is -0.125 e. The number of aryl methyl sites for hydroxylation is 2. The highest BCUT2D eigenvalue weighted by Crippen LogP contribution is 2.37. The molecule has 0 amide bonds. The van der Waals surface area contributed by atoms with Crippen LogP contribution in [0.1, 0.15) is 29.2 Å². The van der Waals surface area contributed by atoms with E-state index in [4.69, 9.17) is 33.2 Å². The van der Waals surface area contributed by atoms with Crippen LogP contribution < -0.4 is 0 Å². The van der Waals surface area contributed by atoms with Crippen molar-refractivity contribution in [2.75, 3.05) is 0 Å². The molecular weight excluding hydrogens is 255 g/mol. The fourth-order valence-electron chi connectivity index (χ4n) is 1.49. The monoisotopic (exact) mass is 266 g/mol. The third-order valence-electron chi connectivity index (χ3n) is 2.38. The zero-order chi connectivity index (χ0) is 10.9. The highest BCUT2D eigenvalue weighted by molar-refractivity contribution is 7.65. The Morgan fingerprint density at radius 2 is 1.71 bits per heavy atom. The zero-order valence-electron chi connectivity index (χ0n) is 8.44. The molecule has 0 N–H and O–H groups in total. The van der Waals surface area contributed by atoms with E-state index in [-0.39, 0.29) is 5.54 Å². The van der Waals surface area contributed by atoms with Crippen LogP contribution in [0.3, 0.4) is 0 Å². The van der Waals surface area contributed by atoms with Gasteiger partial charge in [-0.1, -0.05) is 30.7 Å². The quantitative estimate of drug-likeness (QED) is 0.543. The molecular formula is C10H13Cl3Si. The van der Waals surface area contributed by atoms with Crippen molar-refractivity contribution in [3.8, 4) is 0 Å². The van der Waals surface area contributed by atoms with Gasteiger partial charge in [-0.05, 0) is 25.0 Å². The maximum Gasteiger partial charge on any atom is 0.348 e. The van der Waals surface area contributed by atoms with E-state index in [2.05, 4.69) is 32.0 Å². The van der Waals surface area contributed by atoms with Gasteiger partial charge >= 0.3 is 6.00 Å². The lowest BCUT2D eigenvalue weighted by atomic mass is 10.0. The normalized spacial score (nSPS) is 14.1. The van der Waals surface area contributed by atoms with Crippen LogP contribution in [0.15, 0.2) is 18.2 Å². The number of halogens is 3. The maximum atomic E-state index is 6.00. The van der Waals surface area contributed by atoms with Gasteiger partial charge in [-0.3, -0.25) is 0 Å². The van der Waals surface area contributed by atoms with Crippen molar-refractivity contribution in [2.45, 2.75) is 26.3 Å². The van der Waals surface area contributed by atoms with Crippen LogP contribution in [0.4, 0.5) is 0 Å². The highest BCUT2D eigenvalue weighted by Gasteiger charge is 2.34. The molecule has 0 aliphatic rings. The first-order valence-corrected chi connectivity index (χ1v) is 9.57. The third kappa shape index (κ3) is 2.90. The lowest BCUT2D eigenvalue weighted by molar-refractivity contribution is 1.04. The summed E-state index contributed by atoms with van der Waals surface area (Å²) in [7, 11) is 0. The molecule has 0 bridgehead atoms. The lowest BCUT2D eigenvalue weighted by Crippen LogP contribution is -2.21. The average molecular weight is 268 g/mol. The van der Waals surface area contributed by atoms with Gasteiger partial charge in [-0.2, -0.15) is 0 Å². The van der Waals surface area contributed by atoms with Crippen molar-refractivity contribution in [2.24, 2.45) is 0 Å². The van der Waals surface area contributed by atoms with Crippen LogP contribution in [0.25, 0.3) is 0 Å². The summed E-state index contributed by atoms with van der Waals surface area (Å²) in [6.07, 6.45) is 0. The summed E-state index contributed by atoms with van der Waals surface area (Å²) >= 11 is 18.0. The Kier molecular flexibility index (Phi) is 3.92. The summed E-state index contributed by atoms with van der Waals surface area (Å²) in [5.41, 5.74) is 3.65. The molecule has 0 saturated carbocycles. The van der Waals surface area contributed by atoms with E-state index in [1.54, 1.807) is 0 Å². The first-order valence-electron chi connectivity index (χ1n) is 4.46. The van der Waals surface area contributed by atoms with Crippen LogP contribution in [-0.2, 0) is 0 Å². The molecule has 0 aliphatic carbocycles. The summed E-state index contributed by atoms with van der Waals surface area (Å²) < 4.78 is 0. The molecule has 0 spiro atoms. The largest absolute Gasteiger partial charge is 0.348 e. The van der Waals surface area contributed by atoms with Gasteiger partial charge in [-0.15, -0.1) is 33.2 Å². The molecule has 1 atom stereocenters. The number of hydrogen-bond donors (Lipinski definition) is 0. The predicted octanol–water partition coefficient (Wildman–Crippen LogP) is 4.60. The molecule has 0 fully saturated rings. The van der Waals surface area contributed by atoms with Gasteiger partial charge in [0, 0.05) is 5.54 Å². The summed E-state index contributed by atoms with van der Waals surface area (Å²) in [5, 5.41) is 0. The van der Waals surface area contributed by atoms with Crippen molar-refractivity contribution in [3.63, 3.8) is 0 Å². The molecule has 0 nitrogen and oxygen atoms in total. The topological polar surface area (TPSA) is 0 Å². The maximum absolute atomic E-state index is 6.00. The van der Waals surface area contributed by atoms with Gasteiger partial charge < -0.3 is 0 Å². The Bertz CT molecular complexity index is 331. The molecule has 1 rings (SSSR count). The Labute approximate surface area is 100 Å². The molecule has 4 heteroatoms. The standard InChI is InChI=1S/C10H13Cl3Si/c1-7-4-5-10(8(2)6-7)9(3)14(11,12)13/h4-6,9H,1-3H3. The summed E-state index contributed by atoms with van der Waals surface area (Å²) in [6, 6.07) is 3.61. The van der Waals surface area contributed by atoms with Gasteiger partial charge in [-0.25, -0.2) is 0 Å². The van der Waals surface area contributed by atoms with Crippen molar-refractivity contribution in [3.05, 3.63) is 34.9 Å². The van der Waals surface area contributed by atoms with E-state index in [0.29, 0.717) is 0 Å². The fourth-order valence-corrected chi connectivity index (χ4v) is 3.22. The Balaban J connectivity index is 3.08. The van der Waals surface area contributed by atoms with Crippen LogP contribution >= 0.6 is 33.2 Å². The molecule has 0 saturated heterocycles. The van der Waals surface area contributed by atoms with Crippen molar-refractivity contribution in [1.82, 2.24) is 0 Å². The first-order chi connectivity index (χ1) is 6.32. The van der Waals surface area contributed by atoms with Gasteiger partial charge in [0.05, 0.1) is 0 Å². The number of rotatable bonds is 2. The summed E-state index contributed by atoms with van der Waals surface area (Å²) in [5.74, 6) is 0. The molecule has 0 aromatic heterocycles. The van der Waals surface area contributed by atoms with Crippen LogP contribution in [0.5, 0.6) is 0 Å². The Hall–Kier alpha value is 0.307. The Morgan fingerprint density at radius 3 is 2.14 bits per heavy atom. The fraction of sp³-hybridized carbons (Fsp3) is 0.400. The van der Waals surface area contributed by atoms with Gasteiger partial charge in [0.25, 0.3) is 0 Å². The molecule has 0 aliphatic heterocycles. The predicted molar refractivity (Wildman–Crippen MR) is 67.6 cm³/mol. The van der Waals surface area contributed by atoms with Gasteiger partial charge in [0.15, 0.2) is 0 Å². The highest BCUT2D eigenvalue weighted by atomic mass is 35.8. The van der Waals surface area contributed by atoms with Crippen molar-refractivity contribution >= 4 is 39.2 Å². The minimum atomic E-state index is -2.63. The van der Waals surface area contributed by atoms with E-state index in [1.165, 1.54) is 11.1 Å². The van der Waals surface area contributed by atoms with E-state index < -0.39 is 6.00 Å². The molecule has 14 heavy (non-hydrogen) atoms. The molecule has 0 radical (unpaired) electrons. The number of benzene rings is 1. The first kappa shape index (κ1) is 12.4. The zero-order valence-corrected chi connectivity index (χ0v) is 11.7. The lowest BCUT2D eigenvalue weighted by Gasteiger charge is -2.20. The Morgan fingerprint density at radius 1 is 1.14 bits per heavy atom. The smallest absolute Gasteiger partial charge is 0.125 e. The molecule has 78 valence electrons. The second-order valence-electron chi connectivity index (χ2n) is 3.62. The van der Waals surface area contributed by atoms with E-state index >= 15 is 0 Å². The van der Waals surface area contributed by atoms with Crippen molar-refractivity contribution < 1.29 is 0 Å². The number of hydrogen-bond acceptors (Lipinski definition) is 0. The second kappa shape index (κ2) is 4.44. The van der Waals surface area contributed by atoms with Gasteiger partial charge in [0.2, 0.25) is 0 Å². The van der Waals surface area contributed by atoms with E-state index in [0.717, 1.165) is 5.56 Å². The van der Waals surface area contributed by atoms with E-state index in [1.807, 2.05) is 6.92 Å².